The van der Waals surface area contributed by atoms with Gasteiger partial charge in [0.05, 0.1) is 6.61 Å². The van der Waals surface area contributed by atoms with Crippen LogP contribution in [-0.4, -0.2) is 39.9 Å². The Kier molecular flexibility index (Phi) is 5.23. The summed E-state index contributed by atoms with van der Waals surface area (Å²) in [7, 11) is 2.16. The standard InChI is InChI=1S/C16H26N2O/c1-13-4-5-16(14(2)10-13)18(3)8-7-17-11-15-6-9-19-12-15/h4-5,10,15,17H,6-9,11-12H2,1-3H3. The fourth-order valence-corrected chi connectivity index (χ4v) is 2.65. The van der Waals surface area contributed by atoms with Crippen LogP contribution in [0.4, 0.5) is 5.69 Å². The molecule has 1 aromatic carbocycles. The number of rotatable bonds is 6. The van der Waals surface area contributed by atoms with Gasteiger partial charge in [-0.3, -0.25) is 0 Å². The number of likely N-dealkylation sites (N-methyl/N-ethyl adjacent to an activating group) is 1. The Hall–Kier alpha value is -1.06. The van der Waals surface area contributed by atoms with E-state index >= 15 is 0 Å². The van der Waals surface area contributed by atoms with Crippen molar-refractivity contribution in [1.29, 1.82) is 0 Å². The first-order valence-corrected chi connectivity index (χ1v) is 7.23. The molecule has 0 aliphatic carbocycles. The third-order valence-corrected chi connectivity index (χ3v) is 3.84. The molecule has 1 aliphatic heterocycles. The summed E-state index contributed by atoms with van der Waals surface area (Å²) >= 11 is 0. The second-order valence-corrected chi connectivity index (χ2v) is 5.65. The van der Waals surface area contributed by atoms with Crippen LogP contribution in [0.3, 0.4) is 0 Å². The molecule has 0 aromatic heterocycles. The maximum absolute atomic E-state index is 5.38. The lowest BCUT2D eigenvalue weighted by Crippen LogP contribution is -2.32. The van der Waals surface area contributed by atoms with Crippen LogP contribution in [0.25, 0.3) is 0 Å². The van der Waals surface area contributed by atoms with E-state index in [1.165, 1.54) is 23.2 Å². The minimum atomic E-state index is 0.714. The average molecular weight is 262 g/mol. The molecular formula is C16H26N2O. The Balaban J connectivity index is 1.72. The summed E-state index contributed by atoms with van der Waals surface area (Å²) in [6.07, 6.45) is 1.21. The number of hydrogen-bond acceptors (Lipinski definition) is 3. The van der Waals surface area contributed by atoms with Gasteiger partial charge in [-0.15, -0.1) is 0 Å². The lowest BCUT2D eigenvalue weighted by molar-refractivity contribution is 0.185. The first-order valence-electron chi connectivity index (χ1n) is 7.23. The smallest absolute Gasteiger partial charge is 0.0507 e. The number of hydrogen-bond donors (Lipinski definition) is 1. The molecule has 1 saturated heterocycles. The summed E-state index contributed by atoms with van der Waals surface area (Å²) in [5.41, 5.74) is 4.01. The van der Waals surface area contributed by atoms with Gasteiger partial charge in [0.25, 0.3) is 0 Å². The van der Waals surface area contributed by atoms with Gasteiger partial charge in [0.1, 0.15) is 0 Å². The minimum absolute atomic E-state index is 0.714. The topological polar surface area (TPSA) is 24.5 Å². The zero-order chi connectivity index (χ0) is 13.7. The molecule has 1 unspecified atom stereocenters. The largest absolute Gasteiger partial charge is 0.381 e. The lowest BCUT2D eigenvalue weighted by Gasteiger charge is -2.22. The Morgan fingerprint density at radius 3 is 2.89 bits per heavy atom. The van der Waals surface area contributed by atoms with Crippen molar-refractivity contribution in [1.82, 2.24) is 5.32 Å². The van der Waals surface area contributed by atoms with Crippen molar-refractivity contribution in [2.45, 2.75) is 20.3 Å². The number of anilines is 1. The van der Waals surface area contributed by atoms with Gasteiger partial charge < -0.3 is 15.0 Å². The fraction of sp³-hybridized carbons (Fsp3) is 0.625. The Bertz CT molecular complexity index is 400. The van der Waals surface area contributed by atoms with Crippen LogP contribution in [0.15, 0.2) is 18.2 Å². The number of ether oxygens (including phenoxy) is 1. The molecule has 3 heteroatoms. The zero-order valence-corrected chi connectivity index (χ0v) is 12.4. The highest BCUT2D eigenvalue weighted by molar-refractivity contribution is 5.53. The molecule has 3 nitrogen and oxygen atoms in total. The quantitative estimate of drug-likeness (QED) is 0.797. The molecule has 19 heavy (non-hydrogen) atoms. The highest BCUT2D eigenvalue weighted by Crippen LogP contribution is 2.19. The first-order chi connectivity index (χ1) is 9.16. The van der Waals surface area contributed by atoms with Gasteiger partial charge in [-0.1, -0.05) is 17.7 Å². The molecule has 106 valence electrons. The Morgan fingerprint density at radius 2 is 2.21 bits per heavy atom. The van der Waals surface area contributed by atoms with Crippen LogP contribution in [0.5, 0.6) is 0 Å². The summed E-state index contributed by atoms with van der Waals surface area (Å²) in [5, 5.41) is 3.54. The highest BCUT2D eigenvalue weighted by atomic mass is 16.5. The summed E-state index contributed by atoms with van der Waals surface area (Å²) in [6.45, 7) is 9.34. The number of benzene rings is 1. The van der Waals surface area contributed by atoms with Crippen LogP contribution in [0, 0.1) is 19.8 Å². The van der Waals surface area contributed by atoms with Crippen LogP contribution in [0.1, 0.15) is 17.5 Å². The highest BCUT2D eigenvalue weighted by Gasteiger charge is 2.14. The van der Waals surface area contributed by atoms with Crippen molar-refractivity contribution in [2.24, 2.45) is 5.92 Å². The van der Waals surface area contributed by atoms with E-state index in [4.69, 9.17) is 4.74 Å². The maximum atomic E-state index is 5.38. The SMILES string of the molecule is Cc1ccc(N(C)CCNCC2CCOC2)c(C)c1. The number of nitrogens with one attached hydrogen (secondary N) is 1. The lowest BCUT2D eigenvalue weighted by atomic mass is 10.1. The molecule has 1 N–H and O–H groups in total. The van der Waals surface area contributed by atoms with Gasteiger partial charge >= 0.3 is 0 Å². The van der Waals surface area contributed by atoms with Crippen LogP contribution < -0.4 is 10.2 Å². The van der Waals surface area contributed by atoms with Crippen LogP contribution in [0.2, 0.25) is 0 Å². The van der Waals surface area contributed by atoms with Gasteiger partial charge in [-0.05, 0) is 37.8 Å². The van der Waals surface area contributed by atoms with E-state index in [-0.39, 0.29) is 0 Å². The second kappa shape index (κ2) is 6.92. The van der Waals surface area contributed by atoms with Crippen molar-refractivity contribution in [3.63, 3.8) is 0 Å². The van der Waals surface area contributed by atoms with Crippen molar-refractivity contribution in [3.05, 3.63) is 29.3 Å². The maximum Gasteiger partial charge on any atom is 0.0507 e. The van der Waals surface area contributed by atoms with Crippen molar-refractivity contribution >= 4 is 5.69 Å². The molecule has 1 aromatic rings. The predicted octanol–water partition coefficient (Wildman–Crippen LogP) is 2.37. The predicted molar refractivity (Wildman–Crippen MR) is 81.0 cm³/mol. The van der Waals surface area contributed by atoms with Crippen molar-refractivity contribution in [2.75, 3.05) is 44.8 Å². The molecule has 0 spiro atoms. The van der Waals surface area contributed by atoms with Crippen molar-refractivity contribution in [3.8, 4) is 0 Å². The fourth-order valence-electron chi connectivity index (χ4n) is 2.65. The first kappa shape index (κ1) is 14.4. The van der Waals surface area contributed by atoms with E-state index in [2.05, 4.69) is 49.3 Å². The van der Waals surface area contributed by atoms with E-state index in [1.807, 2.05) is 0 Å². The minimum Gasteiger partial charge on any atom is -0.381 e. The van der Waals surface area contributed by atoms with Gasteiger partial charge in [-0.2, -0.15) is 0 Å². The number of aryl methyl sites for hydroxylation is 2. The molecule has 0 radical (unpaired) electrons. The monoisotopic (exact) mass is 262 g/mol. The normalized spacial score (nSPS) is 18.8. The average Bonchev–Trinajstić information content (AvgIpc) is 2.87. The van der Waals surface area contributed by atoms with Gasteiger partial charge in [0.15, 0.2) is 0 Å². The van der Waals surface area contributed by atoms with E-state index in [9.17, 15) is 0 Å². The molecule has 1 aliphatic rings. The van der Waals surface area contributed by atoms with Crippen LogP contribution >= 0.6 is 0 Å². The molecule has 2 rings (SSSR count). The van der Waals surface area contributed by atoms with E-state index in [1.54, 1.807) is 0 Å². The molecule has 1 heterocycles. The molecule has 0 amide bonds. The third kappa shape index (κ3) is 4.22. The van der Waals surface area contributed by atoms with Crippen molar-refractivity contribution < 1.29 is 4.74 Å². The van der Waals surface area contributed by atoms with Crippen LogP contribution in [-0.2, 0) is 4.74 Å². The molecule has 0 saturated carbocycles. The molecule has 0 bridgehead atoms. The summed E-state index contributed by atoms with van der Waals surface area (Å²) < 4.78 is 5.38. The summed E-state index contributed by atoms with van der Waals surface area (Å²) in [5.74, 6) is 0.714. The van der Waals surface area contributed by atoms with E-state index in [0.717, 1.165) is 32.8 Å². The molecule has 1 fully saturated rings. The zero-order valence-electron chi connectivity index (χ0n) is 12.4. The molecule has 1 atom stereocenters. The second-order valence-electron chi connectivity index (χ2n) is 5.65. The molecular weight excluding hydrogens is 236 g/mol. The van der Waals surface area contributed by atoms with Gasteiger partial charge in [0.2, 0.25) is 0 Å². The summed E-state index contributed by atoms with van der Waals surface area (Å²) in [4.78, 5) is 2.33. The third-order valence-electron chi connectivity index (χ3n) is 3.84. The summed E-state index contributed by atoms with van der Waals surface area (Å²) in [6, 6.07) is 6.65. The Labute approximate surface area is 116 Å². The Morgan fingerprint density at radius 1 is 1.37 bits per heavy atom. The number of nitrogens with zero attached hydrogens (tertiary/aromatic N) is 1. The van der Waals surface area contributed by atoms with Gasteiger partial charge in [-0.25, -0.2) is 0 Å². The van der Waals surface area contributed by atoms with Gasteiger partial charge in [0, 0.05) is 39.0 Å². The van der Waals surface area contributed by atoms with E-state index < -0.39 is 0 Å². The van der Waals surface area contributed by atoms with E-state index in [0.29, 0.717) is 5.92 Å².